The fourth-order valence-electron chi connectivity index (χ4n) is 2.38. The molecule has 2 heterocycles. The number of benzene rings is 1. The van der Waals surface area contributed by atoms with E-state index < -0.39 is 0 Å². The quantitative estimate of drug-likeness (QED) is 0.601. The maximum absolute atomic E-state index is 4.39. The SMILES string of the molecule is CCn1c2ccccc2c2cnc(C)cc21. The Labute approximate surface area is 94.5 Å². The molecule has 0 spiro atoms. The van der Waals surface area contributed by atoms with Crippen LogP contribution in [0.25, 0.3) is 21.8 Å². The lowest BCUT2D eigenvalue weighted by Crippen LogP contribution is -1.93. The van der Waals surface area contributed by atoms with Gasteiger partial charge in [0.05, 0.1) is 5.52 Å². The molecule has 0 bridgehead atoms. The van der Waals surface area contributed by atoms with Crippen LogP contribution in [0.15, 0.2) is 36.5 Å². The van der Waals surface area contributed by atoms with Crippen LogP contribution in [0.3, 0.4) is 0 Å². The third-order valence-corrected chi connectivity index (χ3v) is 3.11. The molecule has 0 aliphatic carbocycles. The minimum Gasteiger partial charge on any atom is -0.341 e. The van der Waals surface area contributed by atoms with Crippen molar-refractivity contribution in [3.63, 3.8) is 0 Å². The predicted molar refractivity (Wildman–Crippen MR) is 67.7 cm³/mol. The van der Waals surface area contributed by atoms with E-state index in [1.807, 2.05) is 13.1 Å². The Balaban J connectivity index is 2.58. The van der Waals surface area contributed by atoms with E-state index in [1.54, 1.807) is 0 Å². The zero-order valence-electron chi connectivity index (χ0n) is 9.57. The monoisotopic (exact) mass is 210 g/mol. The van der Waals surface area contributed by atoms with E-state index in [-0.39, 0.29) is 0 Å². The Morgan fingerprint density at radius 2 is 1.94 bits per heavy atom. The maximum atomic E-state index is 4.39. The summed E-state index contributed by atoms with van der Waals surface area (Å²) in [5, 5.41) is 2.55. The Morgan fingerprint density at radius 1 is 1.12 bits per heavy atom. The molecule has 16 heavy (non-hydrogen) atoms. The van der Waals surface area contributed by atoms with Crippen LogP contribution in [-0.4, -0.2) is 9.55 Å². The van der Waals surface area contributed by atoms with Gasteiger partial charge in [-0.3, -0.25) is 4.98 Å². The number of pyridine rings is 1. The van der Waals surface area contributed by atoms with Crippen molar-refractivity contribution >= 4 is 21.8 Å². The number of rotatable bonds is 1. The maximum Gasteiger partial charge on any atom is 0.0525 e. The molecular formula is C14H14N2. The number of aryl methyl sites for hydroxylation is 2. The molecule has 0 aliphatic rings. The first kappa shape index (κ1) is 9.40. The van der Waals surface area contributed by atoms with E-state index in [0.29, 0.717) is 0 Å². The Kier molecular flexibility index (Phi) is 1.96. The van der Waals surface area contributed by atoms with E-state index in [4.69, 9.17) is 0 Å². The number of aromatic nitrogens is 2. The number of para-hydroxylation sites is 1. The molecular weight excluding hydrogens is 196 g/mol. The highest BCUT2D eigenvalue weighted by molar-refractivity contribution is 6.07. The molecule has 3 rings (SSSR count). The second-order valence-electron chi connectivity index (χ2n) is 4.10. The van der Waals surface area contributed by atoms with Crippen LogP contribution in [0.4, 0.5) is 0 Å². The molecule has 0 amide bonds. The first-order valence-corrected chi connectivity index (χ1v) is 5.65. The third kappa shape index (κ3) is 1.16. The highest BCUT2D eigenvalue weighted by Gasteiger charge is 2.08. The van der Waals surface area contributed by atoms with Gasteiger partial charge in [0.15, 0.2) is 0 Å². The average molecular weight is 210 g/mol. The van der Waals surface area contributed by atoms with Crippen LogP contribution in [0.2, 0.25) is 0 Å². The second-order valence-corrected chi connectivity index (χ2v) is 4.10. The van der Waals surface area contributed by atoms with Gasteiger partial charge >= 0.3 is 0 Å². The van der Waals surface area contributed by atoms with Gasteiger partial charge < -0.3 is 4.57 Å². The summed E-state index contributed by atoms with van der Waals surface area (Å²) >= 11 is 0. The number of hydrogen-bond donors (Lipinski definition) is 0. The lowest BCUT2D eigenvalue weighted by atomic mass is 10.2. The molecule has 3 aromatic rings. The Hall–Kier alpha value is -1.83. The summed E-state index contributed by atoms with van der Waals surface area (Å²) in [6.45, 7) is 5.21. The summed E-state index contributed by atoms with van der Waals surface area (Å²) in [4.78, 5) is 4.39. The molecule has 0 N–H and O–H groups in total. The van der Waals surface area contributed by atoms with Gasteiger partial charge in [-0.25, -0.2) is 0 Å². The topological polar surface area (TPSA) is 17.8 Å². The summed E-state index contributed by atoms with van der Waals surface area (Å²) < 4.78 is 2.35. The molecule has 2 heteroatoms. The van der Waals surface area contributed by atoms with Gasteiger partial charge in [0.2, 0.25) is 0 Å². The predicted octanol–water partition coefficient (Wildman–Crippen LogP) is 3.52. The molecule has 0 aliphatic heterocycles. The Morgan fingerprint density at radius 3 is 2.75 bits per heavy atom. The van der Waals surface area contributed by atoms with Crippen LogP contribution in [0, 0.1) is 6.92 Å². The zero-order valence-corrected chi connectivity index (χ0v) is 9.57. The molecule has 0 radical (unpaired) electrons. The normalized spacial score (nSPS) is 11.4. The zero-order chi connectivity index (χ0) is 11.1. The van der Waals surface area contributed by atoms with Crippen LogP contribution >= 0.6 is 0 Å². The van der Waals surface area contributed by atoms with Crippen molar-refractivity contribution in [3.05, 3.63) is 42.2 Å². The van der Waals surface area contributed by atoms with Gasteiger partial charge in [0, 0.05) is 34.7 Å². The van der Waals surface area contributed by atoms with Crippen molar-refractivity contribution in [1.29, 1.82) is 0 Å². The summed E-state index contributed by atoms with van der Waals surface area (Å²) in [5.41, 5.74) is 3.66. The van der Waals surface area contributed by atoms with E-state index in [0.717, 1.165) is 12.2 Å². The van der Waals surface area contributed by atoms with Gasteiger partial charge in [-0.1, -0.05) is 18.2 Å². The molecule has 2 nitrogen and oxygen atoms in total. The summed E-state index contributed by atoms with van der Waals surface area (Å²) in [7, 11) is 0. The van der Waals surface area contributed by atoms with Gasteiger partial charge in [-0.05, 0) is 26.0 Å². The molecule has 0 saturated carbocycles. The highest BCUT2D eigenvalue weighted by Crippen LogP contribution is 2.28. The molecule has 0 fully saturated rings. The first-order chi connectivity index (χ1) is 7.81. The summed E-state index contributed by atoms with van der Waals surface area (Å²) in [6.07, 6.45) is 1.99. The summed E-state index contributed by atoms with van der Waals surface area (Å²) in [6, 6.07) is 10.7. The lowest BCUT2D eigenvalue weighted by molar-refractivity contribution is 0.826. The lowest BCUT2D eigenvalue weighted by Gasteiger charge is -2.02. The van der Waals surface area contributed by atoms with E-state index in [1.165, 1.54) is 21.8 Å². The van der Waals surface area contributed by atoms with Crippen molar-refractivity contribution in [1.82, 2.24) is 9.55 Å². The average Bonchev–Trinajstić information content (AvgIpc) is 2.61. The van der Waals surface area contributed by atoms with Crippen molar-refractivity contribution in [2.45, 2.75) is 20.4 Å². The summed E-state index contributed by atoms with van der Waals surface area (Å²) in [5.74, 6) is 0. The van der Waals surface area contributed by atoms with Gasteiger partial charge in [-0.15, -0.1) is 0 Å². The van der Waals surface area contributed by atoms with Crippen molar-refractivity contribution in [2.24, 2.45) is 0 Å². The molecule has 2 aromatic heterocycles. The minimum atomic E-state index is 0.994. The van der Waals surface area contributed by atoms with Gasteiger partial charge in [-0.2, -0.15) is 0 Å². The molecule has 0 atom stereocenters. The third-order valence-electron chi connectivity index (χ3n) is 3.11. The van der Waals surface area contributed by atoms with Crippen LogP contribution in [0.1, 0.15) is 12.6 Å². The van der Waals surface area contributed by atoms with Crippen LogP contribution in [-0.2, 0) is 6.54 Å². The number of hydrogen-bond acceptors (Lipinski definition) is 1. The van der Waals surface area contributed by atoms with Crippen molar-refractivity contribution in [3.8, 4) is 0 Å². The Bertz CT molecular complexity index is 665. The molecule has 80 valence electrons. The number of fused-ring (bicyclic) bond motifs is 3. The standard InChI is InChI=1S/C14H14N2/c1-3-16-13-7-5-4-6-11(13)12-9-15-10(2)8-14(12)16/h4-9H,3H2,1-2H3. The van der Waals surface area contributed by atoms with E-state index in [9.17, 15) is 0 Å². The first-order valence-electron chi connectivity index (χ1n) is 5.65. The smallest absolute Gasteiger partial charge is 0.0525 e. The minimum absolute atomic E-state index is 0.994. The second kappa shape index (κ2) is 3.34. The van der Waals surface area contributed by atoms with Crippen LogP contribution < -0.4 is 0 Å². The van der Waals surface area contributed by atoms with Crippen LogP contribution in [0.5, 0.6) is 0 Å². The highest BCUT2D eigenvalue weighted by atomic mass is 15.0. The molecule has 0 saturated heterocycles. The fraction of sp³-hybridized carbons (Fsp3) is 0.214. The van der Waals surface area contributed by atoms with Gasteiger partial charge in [0.25, 0.3) is 0 Å². The molecule has 1 aromatic carbocycles. The van der Waals surface area contributed by atoms with E-state index in [2.05, 4.69) is 46.8 Å². The van der Waals surface area contributed by atoms with Crippen molar-refractivity contribution in [2.75, 3.05) is 0 Å². The largest absolute Gasteiger partial charge is 0.341 e. The fourth-order valence-corrected chi connectivity index (χ4v) is 2.38. The molecule has 0 unspecified atom stereocenters. The van der Waals surface area contributed by atoms with Crippen molar-refractivity contribution < 1.29 is 0 Å². The van der Waals surface area contributed by atoms with Gasteiger partial charge in [0.1, 0.15) is 0 Å². The van der Waals surface area contributed by atoms with E-state index >= 15 is 0 Å². The number of nitrogens with zero attached hydrogens (tertiary/aromatic N) is 2.